The van der Waals surface area contributed by atoms with E-state index in [-0.39, 0.29) is 5.91 Å². The zero-order valence-electron chi connectivity index (χ0n) is 10.6. The summed E-state index contributed by atoms with van der Waals surface area (Å²) < 4.78 is 1.99. The molecule has 1 amide bonds. The van der Waals surface area contributed by atoms with E-state index in [4.69, 9.17) is 0 Å². The standard InChI is InChI=1S/C15H13Br2NO/c1-9-3-5-12(8-14(9)17)18-15(19)11-4-6-13(16)10(2)7-11/h3-8H,1-2H3,(H,18,19). The summed E-state index contributed by atoms with van der Waals surface area (Å²) in [5.41, 5.74) is 3.61. The Morgan fingerprint density at radius 2 is 1.68 bits per heavy atom. The molecule has 0 unspecified atom stereocenters. The number of nitrogens with one attached hydrogen (secondary N) is 1. The Balaban J connectivity index is 2.20. The second-order valence-electron chi connectivity index (χ2n) is 4.38. The van der Waals surface area contributed by atoms with Gasteiger partial charge in [-0.15, -0.1) is 0 Å². The molecule has 0 fully saturated rings. The van der Waals surface area contributed by atoms with Crippen LogP contribution in [0.15, 0.2) is 45.3 Å². The van der Waals surface area contributed by atoms with Crippen molar-refractivity contribution in [3.63, 3.8) is 0 Å². The smallest absolute Gasteiger partial charge is 0.255 e. The van der Waals surface area contributed by atoms with Gasteiger partial charge in [-0.05, 0) is 55.3 Å². The third-order valence-electron chi connectivity index (χ3n) is 2.85. The van der Waals surface area contributed by atoms with Crippen LogP contribution < -0.4 is 5.32 Å². The van der Waals surface area contributed by atoms with Crippen molar-refractivity contribution in [2.75, 3.05) is 5.32 Å². The summed E-state index contributed by atoms with van der Waals surface area (Å²) in [6, 6.07) is 11.3. The summed E-state index contributed by atoms with van der Waals surface area (Å²) in [5.74, 6) is -0.105. The number of benzene rings is 2. The van der Waals surface area contributed by atoms with Gasteiger partial charge in [0, 0.05) is 20.2 Å². The molecule has 19 heavy (non-hydrogen) atoms. The zero-order valence-corrected chi connectivity index (χ0v) is 13.8. The van der Waals surface area contributed by atoms with E-state index in [2.05, 4.69) is 37.2 Å². The molecule has 0 radical (unpaired) electrons. The van der Waals surface area contributed by atoms with Crippen molar-refractivity contribution in [2.45, 2.75) is 13.8 Å². The van der Waals surface area contributed by atoms with Gasteiger partial charge in [0.05, 0.1) is 0 Å². The highest BCUT2D eigenvalue weighted by molar-refractivity contribution is 9.10. The molecule has 2 nitrogen and oxygen atoms in total. The SMILES string of the molecule is Cc1cc(C(=O)Nc2ccc(C)c(Br)c2)ccc1Br. The Bertz CT molecular complexity index is 638. The molecular formula is C15H13Br2NO. The number of amides is 1. The maximum absolute atomic E-state index is 12.1. The van der Waals surface area contributed by atoms with E-state index < -0.39 is 0 Å². The van der Waals surface area contributed by atoms with Crippen LogP contribution in [0.3, 0.4) is 0 Å². The molecule has 4 heteroatoms. The van der Waals surface area contributed by atoms with Gasteiger partial charge < -0.3 is 5.32 Å². The molecule has 0 spiro atoms. The maximum atomic E-state index is 12.1. The lowest BCUT2D eigenvalue weighted by Gasteiger charge is -2.08. The molecule has 0 aliphatic rings. The van der Waals surface area contributed by atoms with Crippen LogP contribution in [-0.4, -0.2) is 5.91 Å². The summed E-state index contributed by atoms with van der Waals surface area (Å²) in [6.45, 7) is 3.97. The Hall–Kier alpha value is -1.13. The molecular weight excluding hydrogens is 370 g/mol. The molecule has 0 aliphatic carbocycles. The van der Waals surface area contributed by atoms with Crippen molar-refractivity contribution in [1.29, 1.82) is 0 Å². The van der Waals surface area contributed by atoms with E-state index >= 15 is 0 Å². The topological polar surface area (TPSA) is 29.1 Å². The third kappa shape index (κ3) is 3.45. The van der Waals surface area contributed by atoms with Crippen molar-refractivity contribution < 1.29 is 4.79 Å². The number of halogens is 2. The van der Waals surface area contributed by atoms with Gasteiger partial charge in [-0.1, -0.05) is 37.9 Å². The van der Waals surface area contributed by atoms with Crippen molar-refractivity contribution in [3.8, 4) is 0 Å². The average Bonchev–Trinajstić information content (AvgIpc) is 2.37. The molecule has 2 aromatic rings. The summed E-state index contributed by atoms with van der Waals surface area (Å²) in [6.07, 6.45) is 0. The minimum Gasteiger partial charge on any atom is -0.322 e. The number of hydrogen-bond acceptors (Lipinski definition) is 1. The fourth-order valence-electron chi connectivity index (χ4n) is 1.66. The van der Waals surface area contributed by atoms with Crippen molar-refractivity contribution in [3.05, 3.63) is 62.0 Å². The van der Waals surface area contributed by atoms with E-state index in [0.29, 0.717) is 5.56 Å². The monoisotopic (exact) mass is 381 g/mol. The van der Waals surface area contributed by atoms with E-state index in [1.807, 2.05) is 44.2 Å². The van der Waals surface area contributed by atoms with Crippen molar-refractivity contribution in [2.24, 2.45) is 0 Å². The van der Waals surface area contributed by atoms with E-state index in [0.717, 1.165) is 25.8 Å². The normalized spacial score (nSPS) is 10.3. The number of hydrogen-bond donors (Lipinski definition) is 1. The first kappa shape index (κ1) is 14.3. The predicted octanol–water partition coefficient (Wildman–Crippen LogP) is 5.08. The van der Waals surface area contributed by atoms with Crippen LogP contribution in [0.5, 0.6) is 0 Å². The first-order valence-corrected chi connectivity index (χ1v) is 7.39. The molecule has 0 aromatic heterocycles. The largest absolute Gasteiger partial charge is 0.322 e. The van der Waals surface area contributed by atoms with Crippen molar-refractivity contribution in [1.82, 2.24) is 0 Å². The highest BCUT2D eigenvalue weighted by atomic mass is 79.9. The molecule has 0 aliphatic heterocycles. The minimum absolute atomic E-state index is 0.105. The zero-order chi connectivity index (χ0) is 14.0. The van der Waals surface area contributed by atoms with Gasteiger partial charge in [0.25, 0.3) is 5.91 Å². The number of rotatable bonds is 2. The van der Waals surface area contributed by atoms with Gasteiger partial charge in [-0.2, -0.15) is 0 Å². The molecule has 2 rings (SSSR count). The van der Waals surface area contributed by atoms with Gasteiger partial charge in [-0.25, -0.2) is 0 Å². The second kappa shape index (κ2) is 5.88. The summed E-state index contributed by atoms with van der Waals surface area (Å²) >= 11 is 6.88. The van der Waals surface area contributed by atoms with Gasteiger partial charge in [-0.3, -0.25) is 4.79 Å². The molecule has 0 heterocycles. The van der Waals surface area contributed by atoms with Gasteiger partial charge >= 0.3 is 0 Å². The summed E-state index contributed by atoms with van der Waals surface area (Å²) in [4.78, 5) is 12.1. The summed E-state index contributed by atoms with van der Waals surface area (Å²) in [5, 5.41) is 2.89. The molecule has 0 bridgehead atoms. The highest BCUT2D eigenvalue weighted by Crippen LogP contribution is 2.22. The van der Waals surface area contributed by atoms with Crippen LogP contribution in [0.4, 0.5) is 5.69 Å². The Kier molecular flexibility index (Phi) is 4.42. The van der Waals surface area contributed by atoms with E-state index in [9.17, 15) is 4.79 Å². The molecule has 2 aromatic carbocycles. The van der Waals surface area contributed by atoms with Crippen LogP contribution in [0.1, 0.15) is 21.5 Å². The van der Waals surface area contributed by atoms with Crippen LogP contribution in [0.25, 0.3) is 0 Å². The Labute approximate surface area is 129 Å². The lowest BCUT2D eigenvalue weighted by molar-refractivity contribution is 0.102. The number of aryl methyl sites for hydroxylation is 2. The van der Waals surface area contributed by atoms with Crippen LogP contribution >= 0.6 is 31.9 Å². The Morgan fingerprint density at radius 1 is 0.947 bits per heavy atom. The van der Waals surface area contributed by atoms with Gasteiger partial charge in [0.1, 0.15) is 0 Å². The first-order chi connectivity index (χ1) is 8.97. The quantitative estimate of drug-likeness (QED) is 0.770. The lowest BCUT2D eigenvalue weighted by atomic mass is 10.1. The number of carbonyl (C=O) groups is 1. The molecule has 0 saturated heterocycles. The van der Waals surface area contributed by atoms with Crippen LogP contribution in [0.2, 0.25) is 0 Å². The number of anilines is 1. The van der Waals surface area contributed by atoms with Gasteiger partial charge in [0.2, 0.25) is 0 Å². The number of carbonyl (C=O) groups excluding carboxylic acids is 1. The highest BCUT2D eigenvalue weighted by Gasteiger charge is 2.08. The molecule has 0 atom stereocenters. The fraction of sp³-hybridized carbons (Fsp3) is 0.133. The van der Waals surface area contributed by atoms with E-state index in [1.54, 1.807) is 6.07 Å². The van der Waals surface area contributed by atoms with E-state index in [1.165, 1.54) is 0 Å². The lowest BCUT2D eigenvalue weighted by Crippen LogP contribution is -2.12. The van der Waals surface area contributed by atoms with Crippen LogP contribution in [-0.2, 0) is 0 Å². The maximum Gasteiger partial charge on any atom is 0.255 e. The third-order valence-corrected chi connectivity index (χ3v) is 4.59. The molecule has 0 saturated carbocycles. The first-order valence-electron chi connectivity index (χ1n) is 5.81. The molecule has 1 N–H and O–H groups in total. The van der Waals surface area contributed by atoms with Gasteiger partial charge in [0.15, 0.2) is 0 Å². The average molecular weight is 383 g/mol. The predicted molar refractivity (Wildman–Crippen MR) is 85.7 cm³/mol. The second-order valence-corrected chi connectivity index (χ2v) is 6.09. The fourth-order valence-corrected chi connectivity index (χ4v) is 2.29. The minimum atomic E-state index is -0.105. The molecule has 98 valence electrons. The summed E-state index contributed by atoms with van der Waals surface area (Å²) in [7, 11) is 0. The Morgan fingerprint density at radius 3 is 2.32 bits per heavy atom. The van der Waals surface area contributed by atoms with Crippen LogP contribution in [0, 0.1) is 13.8 Å². The van der Waals surface area contributed by atoms with Crippen molar-refractivity contribution >= 4 is 43.5 Å².